The Morgan fingerprint density at radius 1 is 1.19 bits per heavy atom. The fourth-order valence-corrected chi connectivity index (χ4v) is 4.10. The van der Waals surface area contributed by atoms with Gasteiger partial charge in [0.2, 0.25) is 10.0 Å². The molecule has 0 saturated heterocycles. The summed E-state index contributed by atoms with van der Waals surface area (Å²) in [7, 11) is -0.659. The first kappa shape index (κ1) is 18.5. The highest BCUT2D eigenvalue weighted by molar-refractivity contribution is 9.10. The molecule has 0 fully saturated rings. The number of hydrogen-bond acceptors (Lipinski definition) is 5. The van der Waals surface area contributed by atoms with Gasteiger partial charge >= 0.3 is 0 Å². The van der Waals surface area contributed by atoms with Gasteiger partial charge in [0.15, 0.2) is 0 Å². The summed E-state index contributed by atoms with van der Waals surface area (Å²) in [5, 5.41) is 9.18. The molecule has 8 heteroatoms. The summed E-state index contributed by atoms with van der Waals surface area (Å²) in [6.07, 6.45) is 0. The molecule has 21 heavy (non-hydrogen) atoms. The van der Waals surface area contributed by atoms with Crippen molar-refractivity contribution >= 4 is 26.0 Å². The zero-order valence-corrected chi connectivity index (χ0v) is 14.5. The first-order chi connectivity index (χ1) is 9.97. The molecule has 1 rings (SSSR count). The standard InChI is InChI=1S/C13H20BrNO5S/c1-19-7-5-15(6-8-20-2)21(17,18)13-9-11(10-16)3-4-12(13)14/h3-4,9,16H,5-8,10H2,1-2H3. The smallest absolute Gasteiger partial charge is 0.244 e. The van der Waals surface area contributed by atoms with Crippen molar-refractivity contribution in [3.8, 4) is 0 Å². The summed E-state index contributed by atoms with van der Waals surface area (Å²) >= 11 is 3.25. The Kier molecular flexibility index (Phi) is 7.78. The predicted octanol–water partition coefficient (Wildman–Crippen LogP) is 1.22. The van der Waals surface area contributed by atoms with Crippen molar-refractivity contribution in [2.45, 2.75) is 11.5 Å². The highest BCUT2D eigenvalue weighted by atomic mass is 79.9. The van der Waals surface area contributed by atoms with Crippen LogP contribution in [0.3, 0.4) is 0 Å². The van der Waals surface area contributed by atoms with E-state index in [-0.39, 0.29) is 24.6 Å². The second-order valence-corrected chi connectivity index (χ2v) is 7.07. The van der Waals surface area contributed by atoms with Crippen molar-refractivity contribution in [3.63, 3.8) is 0 Å². The Morgan fingerprint density at radius 2 is 1.76 bits per heavy atom. The largest absolute Gasteiger partial charge is 0.392 e. The second-order valence-electron chi connectivity index (χ2n) is 4.31. The van der Waals surface area contributed by atoms with Gasteiger partial charge in [-0.2, -0.15) is 4.31 Å². The molecule has 0 aliphatic rings. The number of benzene rings is 1. The summed E-state index contributed by atoms with van der Waals surface area (Å²) in [6, 6.07) is 4.74. The van der Waals surface area contributed by atoms with E-state index in [4.69, 9.17) is 9.47 Å². The van der Waals surface area contributed by atoms with Gasteiger partial charge in [0.25, 0.3) is 0 Å². The monoisotopic (exact) mass is 381 g/mol. The minimum atomic E-state index is -3.69. The van der Waals surface area contributed by atoms with Crippen LogP contribution in [0.4, 0.5) is 0 Å². The third-order valence-corrected chi connectivity index (χ3v) is 5.78. The lowest BCUT2D eigenvalue weighted by Crippen LogP contribution is -2.36. The number of aliphatic hydroxyl groups excluding tert-OH is 1. The highest BCUT2D eigenvalue weighted by Gasteiger charge is 2.26. The Hall–Kier alpha value is -0.510. The molecule has 0 atom stereocenters. The maximum absolute atomic E-state index is 12.7. The lowest BCUT2D eigenvalue weighted by Gasteiger charge is -2.22. The molecule has 0 amide bonds. The predicted molar refractivity (Wildman–Crippen MR) is 82.6 cm³/mol. The van der Waals surface area contributed by atoms with E-state index in [0.717, 1.165) is 0 Å². The molecular weight excluding hydrogens is 362 g/mol. The Balaban J connectivity index is 3.14. The fraction of sp³-hybridized carbons (Fsp3) is 0.538. The molecular formula is C13H20BrNO5S. The summed E-state index contributed by atoms with van der Waals surface area (Å²) in [4.78, 5) is 0.126. The van der Waals surface area contributed by atoms with Gasteiger partial charge in [-0.25, -0.2) is 8.42 Å². The van der Waals surface area contributed by atoms with Gasteiger partial charge in [0, 0.05) is 31.8 Å². The average molecular weight is 382 g/mol. The molecule has 1 N–H and O–H groups in total. The molecule has 1 aromatic rings. The zero-order valence-electron chi connectivity index (χ0n) is 12.1. The Labute approximate surface area is 133 Å². The van der Waals surface area contributed by atoms with E-state index in [1.165, 1.54) is 24.6 Å². The van der Waals surface area contributed by atoms with Crippen LogP contribution >= 0.6 is 15.9 Å². The van der Waals surface area contributed by atoms with Crippen LogP contribution in [0.15, 0.2) is 27.6 Å². The summed E-state index contributed by atoms with van der Waals surface area (Å²) in [5.74, 6) is 0. The molecule has 6 nitrogen and oxygen atoms in total. The fourth-order valence-electron chi connectivity index (χ4n) is 1.72. The van der Waals surface area contributed by atoms with E-state index in [0.29, 0.717) is 23.2 Å². The third-order valence-electron chi connectivity index (χ3n) is 2.89. The number of nitrogens with zero attached hydrogens (tertiary/aromatic N) is 1. The molecule has 0 aliphatic carbocycles. The number of rotatable bonds is 9. The topological polar surface area (TPSA) is 76.1 Å². The molecule has 0 unspecified atom stereocenters. The van der Waals surface area contributed by atoms with E-state index < -0.39 is 10.0 Å². The molecule has 0 heterocycles. The van der Waals surface area contributed by atoms with Crippen LogP contribution in [0.5, 0.6) is 0 Å². The number of halogens is 1. The van der Waals surface area contributed by atoms with E-state index in [2.05, 4.69) is 15.9 Å². The van der Waals surface area contributed by atoms with Crippen molar-refractivity contribution in [3.05, 3.63) is 28.2 Å². The van der Waals surface area contributed by atoms with Gasteiger partial charge in [0.1, 0.15) is 0 Å². The summed E-state index contributed by atoms with van der Waals surface area (Å²) < 4.78 is 37.2. The maximum atomic E-state index is 12.7. The molecule has 0 saturated carbocycles. The second kappa shape index (κ2) is 8.82. The van der Waals surface area contributed by atoms with Gasteiger partial charge in [0.05, 0.1) is 24.7 Å². The van der Waals surface area contributed by atoms with E-state index in [1.54, 1.807) is 12.1 Å². The van der Waals surface area contributed by atoms with Crippen molar-refractivity contribution in [1.29, 1.82) is 0 Å². The molecule has 120 valence electrons. The van der Waals surface area contributed by atoms with E-state index in [1.807, 2.05) is 0 Å². The molecule has 0 aromatic heterocycles. The summed E-state index contributed by atoms with van der Waals surface area (Å²) in [5.41, 5.74) is 0.537. The molecule has 0 aliphatic heterocycles. The first-order valence-corrected chi connectivity index (χ1v) is 8.58. The van der Waals surface area contributed by atoms with Crippen molar-refractivity contribution in [1.82, 2.24) is 4.31 Å². The molecule has 0 spiro atoms. The van der Waals surface area contributed by atoms with Gasteiger partial charge < -0.3 is 14.6 Å². The van der Waals surface area contributed by atoms with Gasteiger partial charge in [-0.1, -0.05) is 6.07 Å². The van der Waals surface area contributed by atoms with Gasteiger partial charge in [-0.3, -0.25) is 0 Å². The van der Waals surface area contributed by atoms with Crippen LogP contribution in [-0.2, 0) is 26.1 Å². The van der Waals surface area contributed by atoms with Gasteiger partial charge in [-0.05, 0) is 33.6 Å². The van der Waals surface area contributed by atoms with Gasteiger partial charge in [-0.15, -0.1) is 0 Å². The normalized spacial score (nSPS) is 12.0. The lowest BCUT2D eigenvalue weighted by atomic mass is 10.2. The number of hydrogen-bond donors (Lipinski definition) is 1. The molecule has 0 radical (unpaired) electrons. The highest BCUT2D eigenvalue weighted by Crippen LogP contribution is 2.26. The van der Waals surface area contributed by atoms with Crippen LogP contribution in [0.1, 0.15) is 5.56 Å². The van der Waals surface area contributed by atoms with Crippen LogP contribution in [0.25, 0.3) is 0 Å². The molecule has 0 bridgehead atoms. The van der Waals surface area contributed by atoms with Crippen LogP contribution in [-0.4, -0.2) is 58.4 Å². The van der Waals surface area contributed by atoms with Crippen molar-refractivity contribution in [2.24, 2.45) is 0 Å². The quantitative estimate of drug-likeness (QED) is 0.695. The Morgan fingerprint density at radius 3 is 2.24 bits per heavy atom. The summed E-state index contributed by atoms with van der Waals surface area (Å²) in [6.45, 7) is 0.836. The first-order valence-electron chi connectivity index (χ1n) is 6.34. The minimum Gasteiger partial charge on any atom is -0.392 e. The number of methoxy groups -OCH3 is 2. The SMILES string of the molecule is COCCN(CCOC)S(=O)(=O)c1cc(CO)ccc1Br. The number of aliphatic hydroxyl groups is 1. The average Bonchev–Trinajstić information content (AvgIpc) is 2.47. The zero-order chi connectivity index (χ0) is 15.9. The maximum Gasteiger partial charge on any atom is 0.244 e. The van der Waals surface area contributed by atoms with Crippen molar-refractivity contribution in [2.75, 3.05) is 40.5 Å². The number of ether oxygens (including phenoxy) is 2. The third kappa shape index (κ3) is 5.01. The lowest BCUT2D eigenvalue weighted by molar-refractivity contribution is 0.150. The number of sulfonamides is 1. The van der Waals surface area contributed by atoms with Crippen LogP contribution < -0.4 is 0 Å². The van der Waals surface area contributed by atoms with E-state index in [9.17, 15) is 13.5 Å². The Bertz CT molecular complexity index is 541. The minimum absolute atomic E-state index is 0.126. The van der Waals surface area contributed by atoms with Crippen molar-refractivity contribution < 1.29 is 23.0 Å². The molecule has 1 aromatic carbocycles. The van der Waals surface area contributed by atoms with Crippen LogP contribution in [0.2, 0.25) is 0 Å². The van der Waals surface area contributed by atoms with Crippen LogP contribution in [0, 0.1) is 0 Å². The van der Waals surface area contributed by atoms with E-state index >= 15 is 0 Å².